The predicted molar refractivity (Wildman–Crippen MR) is 83.6 cm³/mol. The van der Waals surface area contributed by atoms with E-state index in [1.54, 1.807) is 6.07 Å². The molecular formula is C15H11BrFN3O. The lowest BCUT2D eigenvalue weighted by molar-refractivity contribution is 0.112. The molecule has 0 saturated carbocycles. The van der Waals surface area contributed by atoms with E-state index in [9.17, 15) is 9.18 Å². The lowest BCUT2D eigenvalue weighted by Gasteiger charge is -2.13. The SMILES string of the molecule is Cc1cc(Br)ccc1Nc1c(C=O)cc2[nH]cnc2c1F. The number of fused-ring (bicyclic) bond motifs is 1. The summed E-state index contributed by atoms with van der Waals surface area (Å²) in [6.45, 7) is 1.90. The summed E-state index contributed by atoms with van der Waals surface area (Å²) in [7, 11) is 0. The van der Waals surface area contributed by atoms with Crippen LogP contribution in [0.2, 0.25) is 0 Å². The van der Waals surface area contributed by atoms with Gasteiger partial charge < -0.3 is 10.3 Å². The van der Waals surface area contributed by atoms with Crippen molar-refractivity contribution in [3.8, 4) is 0 Å². The molecule has 0 radical (unpaired) electrons. The molecule has 0 unspecified atom stereocenters. The molecule has 2 N–H and O–H groups in total. The zero-order chi connectivity index (χ0) is 15.0. The highest BCUT2D eigenvalue weighted by atomic mass is 79.9. The summed E-state index contributed by atoms with van der Waals surface area (Å²) in [5.41, 5.74) is 2.74. The van der Waals surface area contributed by atoms with Crippen molar-refractivity contribution in [3.05, 3.63) is 52.0 Å². The quantitative estimate of drug-likeness (QED) is 0.693. The van der Waals surface area contributed by atoms with Gasteiger partial charge in [0.2, 0.25) is 0 Å². The monoisotopic (exact) mass is 347 g/mol. The number of carbonyl (C=O) groups is 1. The number of anilines is 2. The largest absolute Gasteiger partial charge is 0.352 e. The average molecular weight is 348 g/mol. The Bertz CT molecular complexity index is 844. The van der Waals surface area contributed by atoms with Gasteiger partial charge in [-0.1, -0.05) is 15.9 Å². The lowest BCUT2D eigenvalue weighted by Crippen LogP contribution is -2.01. The van der Waals surface area contributed by atoms with Crippen LogP contribution in [0.25, 0.3) is 11.0 Å². The van der Waals surface area contributed by atoms with Crippen molar-refractivity contribution in [3.63, 3.8) is 0 Å². The lowest BCUT2D eigenvalue weighted by atomic mass is 10.1. The Labute approximate surface area is 128 Å². The summed E-state index contributed by atoms with van der Waals surface area (Å²) in [6.07, 6.45) is 2.02. The van der Waals surface area contributed by atoms with E-state index < -0.39 is 5.82 Å². The van der Waals surface area contributed by atoms with Gasteiger partial charge in [-0.2, -0.15) is 0 Å². The van der Waals surface area contributed by atoms with Gasteiger partial charge in [-0.15, -0.1) is 0 Å². The molecule has 0 atom stereocenters. The summed E-state index contributed by atoms with van der Waals surface area (Å²) in [6, 6.07) is 7.16. The van der Waals surface area contributed by atoms with Crippen molar-refractivity contribution in [1.29, 1.82) is 0 Å². The molecule has 1 aromatic heterocycles. The normalized spacial score (nSPS) is 10.8. The van der Waals surface area contributed by atoms with Gasteiger partial charge in [0.15, 0.2) is 12.1 Å². The van der Waals surface area contributed by atoms with Gasteiger partial charge in [0.1, 0.15) is 5.52 Å². The number of nitrogens with one attached hydrogen (secondary N) is 2. The number of H-pyrrole nitrogens is 1. The van der Waals surface area contributed by atoms with Gasteiger partial charge >= 0.3 is 0 Å². The number of nitrogens with zero attached hydrogens (tertiary/aromatic N) is 1. The molecule has 0 aliphatic carbocycles. The molecule has 0 aliphatic rings. The maximum absolute atomic E-state index is 14.5. The summed E-state index contributed by atoms with van der Waals surface area (Å²) in [5.74, 6) is -0.543. The first-order chi connectivity index (χ1) is 10.1. The highest BCUT2D eigenvalue weighted by Crippen LogP contribution is 2.30. The number of aromatic nitrogens is 2. The zero-order valence-electron chi connectivity index (χ0n) is 11.1. The number of rotatable bonds is 3. The molecule has 0 bridgehead atoms. The van der Waals surface area contributed by atoms with Gasteiger partial charge in [-0.05, 0) is 36.8 Å². The van der Waals surface area contributed by atoms with Crippen molar-refractivity contribution >= 4 is 44.6 Å². The Hall–Kier alpha value is -2.21. The summed E-state index contributed by atoms with van der Waals surface area (Å²) in [4.78, 5) is 18.0. The van der Waals surface area contributed by atoms with E-state index in [1.807, 2.05) is 25.1 Å². The van der Waals surface area contributed by atoms with Crippen LogP contribution < -0.4 is 5.32 Å². The molecule has 4 nitrogen and oxygen atoms in total. The maximum atomic E-state index is 14.5. The van der Waals surface area contributed by atoms with Crippen molar-refractivity contribution in [1.82, 2.24) is 9.97 Å². The van der Waals surface area contributed by atoms with Crippen LogP contribution in [0.4, 0.5) is 15.8 Å². The maximum Gasteiger partial charge on any atom is 0.175 e. The number of hydrogen-bond donors (Lipinski definition) is 2. The van der Waals surface area contributed by atoms with Crippen molar-refractivity contribution in [2.75, 3.05) is 5.32 Å². The molecule has 0 amide bonds. The molecular weight excluding hydrogens is 337 g/mol. The molecule has 3 rings (SSSR count). The topological polar surface area (TPSA) is 57.8 Å². The minimum absolute atomic E-state index is 0.134. The number of imidazole rings is 1. The van der Waals surface area contributed by atoms with E-state index in [2.05, 4.69) is 31.2 Å². The van der Waals surface area contributed by atoms with E-state index in [4.69, 9.17) is 0 Å². The molecule has 6 heteroatoms. The Morgan fingerprint density at radius 3 is 2.90 bits per heavy atom. The van der Waals surface area contributed by atoms with Crippen LogP contribution in [-0.4, -0.2) is 16.3 Å². The van der Waals surface area contributed by atoms with Crippen LogP contribution in [0.3, 0.4) is 0 Å². The Balaban J connectivity index is 2.14. The zero-order valence-corrected chi connectivity index (χ0v) is 12.7. The van der Waals surface area contributed by atoms with Crippen LogP contribution >= 0.6 is 15.9 Å². The van der Waals surface area contributed by atoms with Gasteiger partial charge in [-0.25, -0.2) is 9.37 Å². The second-order valence-electron chi connectivity index (χ2n) is 4.66. The van der Waals surface area contributed by atoms with Gasteiger partial charge in [0.05, 0.1) is 17.5 Å². The number of aldehydes is 1. The summed E-state index contributed by atoms with van der Waals surface area (Å²) >= 11 is 3.38. The van der Waals surface area contributed by atoms with Crippen LogP contribution in [0.5, 0.6) is 0 Å². The Morgan fingerprint density at radius 2 is 2.19 bits per heavy atom. The smallest absolute Gasteiger partial charge is 0.175 e. The molecule has 0 aliphatic heterocycles. The Morgan fingerprint density at radius 1 is 1.38 bits per heavy atom. The number of hydrogen-bond acceptors (Lipinski definition) is 3. The number of carbonyl (C=O) groups excluding carboxylic acids is 1. The third-order valence-corrected chi connectivity index (χ3v) is 3.75. The molecule has 0 fully saturated rings. The first-order valence-electron chi connectivity index (χ1n) is 6.24. The van der Waals surface area contributed by atoms with Gasteiger partial charge in [0, 0.05) is 15.7 Å². The highest BCUT2D eigenvalue weighted by molar-refractivity contribution is 9.10. The second-order valence-corrected chi connectivity index (χ2v) is 5.57. The fourth-order valence-corrected chi connectivity index (χ4v) is 2.66. The third kappa shape index (κ3) is 2.42. The van der Waals surface area contributed by atoms with Crippen LogP contribution in [0.15, 0.2) is 35.1 Å². The number of benzene rings is 2. The number of aromatic amines is 1. The number of halogens is 2. The first-order valence-corrected chi connectivity index (χ1v) is 7.03. The van der Waals surface area contributed by atoms with E-state index in [0.717, 1.165) is 15.7 Å². The summed E-state index contributed by atoms with van der Waals surface area (Å²) < 4.78 is 15.5. The molecule has 2 aromatic carbocycles. The van der Waals surface area contributed by atoms with Crippen molar-refractivity contribution < 1.29 is 9.18 Å². The van der Waals surface area contributed by atoms with Gasteiger partial charge in [0.25, 0.3) is 0 Å². The molecule has 106 valence electrons. The molecule has 1 heterocycles. The van der Waals surface area contributed by atoms with Crippen LogP contribution in [0.1, 0.15) is 15.9 Å². The van der Waals surface area contributed by atoms with E-state index in [1.165, 1.54) is 6.33 Å². The average Bonchev–Trinajstić information content (AvgIpc) is 2.92. The predicted octanol–water partition coefficient (Wildman–Crippen LogP) is 4.33. The van der Waals surface area contributed by atoms with Crippen LogP contribution in [-0.2, 0) is 0 Å². The van der Waals surface area contributed by atoms with Crippen LogP contribution in [0, 0.1) is 12.7 Å². The second kappa shape index (κ2) is 5.29. The van der Waals surface area contributed by atoms with E-state index in [0.29, 0.717) is 11.8 Å². The van der Waals surface area contributed by atoms with Crippen molar-refractivity contribution in [2.24, 2.45) is 0 Å². The van der Waals surface area contributed by atoms with E-state index in [-0.39, 0.29) is 16.8 Å². The summed E-state index contributed by atoms with van der Waals surface area (Å²) in [5, 5.41) is 2.99. The minimum Gasteiger partial charge on any atom is -0.352 e. The fraction of sp³-hybridized carbons (Fsp3) is 0.0667. The minimum atomic E-state index is -0.543. The highest BCUT2D eigenvalue weighted by Gasteiger charge is 2.16. The van der Waals surface area contributed by atoms with E-state index >= 15 is 0 Å². The van der Waals surface area contributed by atoms with Gasteiger partial charge in [-0.3, -0.25) is 4.79 Å². The number of aryl methyl sites for hydroxylation is 1. The Kier molecular flexibility index (Phi) is 3.47. The molecule has 0 spiro atoms. The fourth-order valence-electron chi connectivity index (χ4n) is 2.18. The van der Waals surface area contributed by atoms with Crippen molar-refractivity contribution in [2.45, 2.75) is 6.92 Å². The molecule has 0 saturated heterocycles. The molecule has 21 heavy (non-hydrogen) atoms. The standard InChI is InChI=1S/C15H11BrFN3O/c1-8-4-10(16)2-3-11(8)20-14-9(6-21)5-12-15(13(14)17)19-7-18-12/h2-7,20H,1H3,(H,18,19). The molecule has 3 aromatic rings. The third-order valence-electron chi connectivity index (χ3n) is 3.26. The first kappa shape index (κ1) is 13.8.